The molecule has 0 saturated heterocycles. The van der Waals surface area contributed by atoms with Gasteiger partial charge in [-0.25, -0.2) is 0 Å². The highest BCUT2D eigenvalue weighted by atomic mass is 28.4. The fourth-order valence-electron chi connectivity index (χ4n) is 3.96. The summed E-state index contributed by atoms with van der Waals surface area (Å²) in [5, 5.41) is 0.367. The van der Waals surface area contributed by atoms with Crippen LogP contribution >= 0.6 is 0 Å². The molecule has 33 heavy (non-hydrogen) atoms. The van der Waals surface area contributed by atoms with Gasteiger partial charge in [0.15, 0.2) is 0 Å². The van der Waals surface area contributed by atoms with Crippen LogP contribution in [-0.4, -0.2) is 111 Å². The van der Waals surface area contributed by atoms with Crippen molar-refractivity contribution in [3.05, 3.63) is 0 Å². The molecule has 0 amide bonds. The Labute approximate surface area is 210 Å². The van der Waals surface area contributed by atoms with Crippen molar-refractivity contribution in [2.24, 2.45) is 0 Å². The highest BCUT2D eigenvalue weighted by Gasteiger charge is 2.48. The minimum absolute atomic E-state index is 0.367. The largest absolute Gasteiger partial charge is 0.500 e. The molecule has 7 nitrogen and oxygen atoms in total. The molecule has 0 N–H and O–H groups in total. The Morgan fingerprint density at radius 2 is 1.36 bits per heavy atom. The maximum atomic E-state index is 6.32. The average molecular weight is 522 g/mol. The van der Waals surface area contributed by atoms with Crippen LogP contribution in [0.3, 0.4) is 0 Å². The molecule has 0 heterocycles. The standard InChI is InChI=1S/C23H53N2O5Si3/c1-9-25(10-2)20-16-14-15-18-23(33(28-11-3,29-12-4)30-13-5)31-22-24(6)19-17-21-32(26-7)27-8/h23H,9-22H2,1-8H3. The van der Waals surface area contributed by atoms with Crippen molar-refractivity contribution < 1.29 is 22.1 Å². The first-order valence-electron chi connectivity index (χ1n) is 13.0. The third-order valence-electron chi connectivity index (χ3n) is 5.81. The zero-order valence-corrected chi connectivity index (χ0v) is 25.9. The summed E-state index contributed by atoms with van der Waals surface area (Å²) in [4.78, 5) is 4.94. The van der Waals surface area contributed by atoms with Gasteiger partial charge < -0.3 is 31.9 Å². The van der Waals surface area contributed by atoms with Crippen LogP contribution in [0.4, 0.5) is 0 Å². The Kier molecular flexibility index (Phi) is 21.9. The van der Waals surface area contributed by atoms with Crippen LogP contribution in [0.1, 0.15) is 66.7 Å². The van der Waals surface area contributed by atoms with Gasteiger partial charge in [0.05, 0.1) is 9.52 Å². The van der Waals surface area contributed by atoms with E-state index in [-0.39, 0.29) is 0 Å². The molecule has 0 bridgehead atoms. The molecule has 0 aliphatic carbocycles. The topological polar surface area (TPSA) is 52.6 Å². The van der Waals surface area contributed by atoms with Crippen LogP contribution in [0.15, 0.2) is 0 Å². The second-order valence-corrected chi connectivity index (χ2v) is 15.0. The molecule has 0 aromatic carbocycles. The minimum Gasteiger partial charge on any atom is -0.397 e. The summed E-state index contributed by atoms with van der Waals surface area (Å²) < 4.78 is 29.8. The van der Waals surface area contributed by atoms with Crippen LogP contribution in [0, 0.1) is 0 Å². The molecule has 10 heteroatoms. The van der Waals surface area contributed by atoms with E-state index in [0.717, 1.165) is 54.2 Å². The number of rotatable bonds is 24. The van der Waals surface area contributed by atoms with Gasteiger partial charge in [0.1, 0.15) is 0 Å². The zero-order chi connectivity index (χ0) is 25.0. The van der Waals surface area contributed by atoms with Crippen molar-refractivity contribution in [1.29, 1.82) is 0 Å². The van der Waals surface area contributed by atoms with Crippen LogP contribution in [-0.2, 0) is 22.1 Å². The lowest BCUT2D eigenvalue weighted by molar-refractivity contribution is 0.0666. The molecule has 0 aliphatic heterocycles. The van der Waals surface area contributed by atoms with Crippen molar-refractivity contribution >= 4 is 27.6 Å². The van der Waals surface area contributed by atoms with E-state index in [0.29, 0.717) is 25.0 Å². The fraction of sp³-hybridized carbons (Fsp3) is 1.00. The molecular formula is C23H53N2O5Si3. The van der Waals surface area contributed by atoms with E-state index in [4.69, 9.17) is 22.1 Å². The molecule has 0 aromatic rings. The lowest BCUT2D eigenvalue weighted by Gasteiger charge is -2.36. The first-order valence-corrected chi connectivity index (χ1v) is 17.6. The highest BCUT2D eigenvalue weighted by molar-refractivity contribution is 6.73. The maximum absolute atomic E-state index is 6.32. The number of nitrogens with zero attached hydrogens (tertiary/aromatic N) is 2. The van der Waals surface area contributed by atoms with Crippen molar-refractivity contribution in [3.8, 4) is 0 Å². The summed E-state index contributed by atoms with van der Waals surface area (Å²) in [5.41, 5.74) is 0. The van der Waals surface area contributed by atoms with Gasteiger partial charge >= 0.3 is 18.1 Å². The zero-order valence-electron chi connectivity index (χ0n) is 22.9. The molecular weight excluding hydrogens is 469 g/mol. The molecule has 1 unspecified atom stereocenters. The Bertz CT molecular complexity index is 416. The quantitative estimate of drug-likeness (QED) is 0.140. The molecule has 0 rings (SSSR count). The van der Waals surface area contributed by atoms with E-state index >= 15 is 0 Å². The van der Waals surface area contributed by atoms with Gasteiger partial charge in [-0.1, -0.05) is 26.7 Å². The van der Waals surface area contributed by atoms with E-state index in [1.165, 1.54) is 25.8 Å². The molecule has 0 aromatic heterocycles. The Morgan fingerprint density at radius 3 is 1.85 bits per heavy atom. The average Bonchev–Trinajstić information content (AvgIpc) is 2.81. The third-order valence-corrected chi connectivity index (χ3v) is 13.9. The summed E-state index contributed by atoms with van der Waals surface area (Å²) in [6.07, 6.45) is 6.98. The summed E-state index contributed by atoms with van der Waals surface area (Å²) in [6.45, 7) is 17.1. The first-order chi connectivity index (χ1) is 16.0. The summed E-state index contributed by atoms with van der Waals surface area (Å²) in [5.74, 6) is 0. The van der Waals surface area contributed by atoms with Crippen LogP contribution in [0.25, 0.3) is 0 Å². The molecule has 0 aliphatic rings. The molecule has 3 radical (unpaired) electrons. The minimum atomic E-state index is -2.71. The lowest BCUT2D eigenvalue weighted by atomic mass is 10.2. The number of hydrogen-bond donors (Lipinski definition) is 0. The predicted octanol–water partition coefficient (Wildman–Crippen LogP) is 4.03. The van der Waals surface area contributed by atoms with Gasteiger partial charge in [-0.15, -0.1) is 0 Å². The molecule has 0 spiro atoms. The first kappa shape index (κ1) is 33.4. The van der Waals surface area contributed by atoms with Crippen LogP contribution in [0.5, 0.6) is 0 Å². The highest BCUT2D eigenvalue weighted by Crippen LogP contribution is 2.30. The van der Waals surface area contributed by atoms with Crippen molar-refractivity contribution in [1.82, 2.24) is 9.80 Å². The normalized spacial score (nSPS) is 13.5. The van der Waals surface area contributed by atoms with Gasteiger partial charge in [0, 0.05) is 39.2 Å². The van der Waals surface area contributed by atoms with E-state index in [9.17, 15) is 0 Å². The second-order valence-electron chi connectivity index (χ2n) is 8.16. The molecule has 197 valence electrons. The Balaban J connectivity index is 4.97. The molecule has 0 fully saturated rings. The van der Waals surface area contributed by atoms with E-state index in [1.54, 1.807) is 14.2 Å². The predicted molar refractivity (Wildman–Crippen MR) is 143 cm³/mol. The van der Waals surface area contributed by atoms with E-state index in [1.807, 2.05) is 0 Å². The number of unbranched alkanes of at least 4 members (excludes halogenated alkanes) is 2. The lowest BCUT2D eigenvalue weighted by Crippen LogP contribution is -2.53. The van der Waals surface area contributed by atoms with Gasteiger partial charge in [-0.2, -0.15) is 0 Å². The van der Waals surface area contributed by atoms with Gasteiger partial charge in [0.2, 0.25) is 0 Å². The third kappa shape index (κ3) is 14.5. The van der Waals surface area contributed by atoms with E-state index < -0.39 is 18.1 Å². The van der Waals surface area contributed by atoms with Gasteiger partial charge in [0.25, 0.3) is 0 Å². The van der Waals surface area contributed by atoms with Crippen molar-refractivity contribution in [3.63, 3.8) is 0 Å². The van der Waals surface area contributed by atoms with Gasteiger partial charge in [-0.05, 0) is 85.5 Å². The summed E-state index contributed by atoms with van der Waals surface area (Å²) in [6, 6.07) is 1.01. The Hall–Kier alpha value is 0.371. The molecule has 1 atom stereocenters. The second kappa shape index (κ2) is 21.6. The Morgan fingerprint density at radius 1 is 0.788 bits per heavy atom. The molecule has 0 saturated carbocycles. The SMILES string of the molecule is CCO[Si](OCC)(OCC)C(CCCCCN(CC)CC)[Si]CN(C)CCC[Si](OC)OC. The smallest absolute Gasteiger partial charge is 0.397 e. The van der Waals surface area contributed by atoms with Crippen molar-refractivity contribution in [2.75, 3.05) is 73.4 Å². The number of hydrogen-bond acceptors (Lipinski definition) is 7. The summed E-state index contributed by atoms with van der Waals surface area (Å²) >= 11 is 0. The van der Waals surface area contributed by atoms with Crippen LogP contribution < -0.4 is 0 Å². The van der Waals surface area contributed by atoms with Crippen LogP contribution in [0.2, 0.25) is 11.2 Å². The monoisotopic (exact) mass is 521 g/mol. The van der Waals surface area contributed by atoms with Crippen molar-refractivity contribution in [2.45, 2.75) is 77.9 Å². The summed E-state index contributed by atoms with van der Waals surface area (Å²) in [7, 11) is 2.64. The maximum Gasteiger partial charge on any atom is 0.500 e. The fourth-order valence-corrected chi connectivity index (χ4v) is 10.7. The van der Waals surface area contributed by atoms with E-state index in [2.05, 4.69) is 51.5 Å². The van der Waals surface area contributed by atoms with Gasteiger partial charge in [-0.3, -0.25) is 0 Å².